The third-order valence-electron chi connectivity index (χ3n) is 1.95. The van der Waals surface area contributed by atoms with E-state index in [1.54, 1.807) is 0 Å². The number of hydrogen-bond donors (Lipinski definition) is 1. The minimum atomic E-state index is -4.68. The molecule has 0 aliphatic heterocycles. The highest BCUT2D eigenvalue weighted by molar-refractivity contribution is 6.31. The van der Waals surface area contributed by atoms with Crippen molar-refractivity contribution in [2.75, 3.05) is 0 Å². The molecular formula is C8H8ClF3N2O2. The van der Waals surface area contributed by atoms with Gasteiger partial charge in [-0.3, -0.25) is 4.68 Å². The van der Waals surface area contributed by atoms with Crippen LogP contribution in [0, 0.1) is 0 Å². The van der Waals surface area contributed by atoms with Gasteiger partial charge in [-0.2, -0.15) is 18.3 Å². The number of hydrogen-bond acceptors (Lipinski definition) is 2. The van der Waals surface area contributed by atoms with E-state index in [0.29, 0.717) is 4.68 Å². The lowest BCUT2D eigenvalue weighted by Gasteiger charge is -2.09. The van der Waals surface area contributed by atoms with Crippen LogP contribution in [0.5, 0.6) is 0 Å². The topological polar surface area (TPSA) is 55.1 Å². The summed E-state index contributed by atoms with van der Waals surface area (Å²) in [6.07, 6.45) is -3.70. The maximum atomic E-state index is 12.3. The van der Waals surface area contributed by atoms with Crippen LogP contribution in [0.1, 0.15) is 25.1 Å². The number of halogens is 4. The summed E-state index contributed by atoms with van der Waals surface area (Å²) in [4.78, 5) is 10.7. The van der Waals surface area contributed by atoms with Crippen molar-refractivity contribution in [2.45, 2.75) is 25.6 Å². The number of carboxylic acid groups (broad SMARTS) is 1. The Morgan fingerprint density at radius 1 is 1.69 bits per heavy atom. The normalized spacial score (nSPS) is 13.8. The molecule has 16 heavy (non-hydrogen) atoms. The molecule has 1 heterocycles. The van der Waals surface area contributed by atoms with Crippen LogP contribution in [0.4, 0.5) is 13.2 Å². The van der Waals surface area contributed by atoms with Crippen LogP contribution in [0.2, 0.25) is 5.02 Å². The molecule has 1 rings (SSSR count). The summed E-state index contributed by atoms with van der Waals surface area (Å²) in [6, 6.07) is -1.14. The van der Waals surface area contributed by atoms with E-state index in [1.165, 1.54) is 6.92 Å². The molecule has 0 saturated carbocycles. The average molecular weight is 257 g/mol. The van der Waals surface area contributed by atoms with Gasteiger partial charge in [-0.25, -0.2) is 4.79 Å². The molecule has 1 unspecified atom stereocenters. The maximum Gasteiger partial charge on any atom is 0.436 e. The van der Waals surface area contributed by atoms with E-state index >= 15 is 0 Å². The molecular weight excluding hydrogens is 249 g/mol. The van der Waals surface area contributed by atoms with Gasteiger partial charge in [-0.15, -0.1) is 0 Å². The van der Waals surface area contributed by atoms with Gasteiger partial charge < -0.3 is 5.11 Å². The Kier molecular flexibility index (Phi) is 3.47. The molecule has 0 bridgehead atoms. The second-order valence-corrected chi connectivity index (χ2v) is 3.47. The average Bonchev–Trinajstić information content (AvgIpc) is 2.47. The number of nitrogens with zero attached hydrogens (tertiary/aromatic N) is 2. The Morgan fingerprint density at radius 3 is 2.56 bits per heavy atom. The third-order valence-corrected chi connectivity index (χ3v) is 2.22. The quantitative estimate of drug-likeness (QED) is 0.904. The Morgan fingerprint density at radius 2 is 2.25 bits per heavy atom. The van der Waals surface area contributed by atoms with E-state index in [2.05, 4.69) is 5.10 Å². The van der Waals surface area contributed by atoms with Crippen molar-refractivity contribution >= 4 is 17.6 Å². The summed E-state index contributed by atoms with van der Waals surface area (Å²) in [5.74, 6) is -1.25. The van der Waals surface area contributed by atoms with Crippen LogP contribution >= 0.6 is 11.6 Å². The molecule has 90 valence electrons. The molecule has 0 aliphatic rings. The van der Waals surface area contributed by atoms with Gasteiger partial charge in [0.25, 0.3) is 0 Å². The molecule has 0 fully saturated rings. The van der Waals surface area contributed by atoms with Crippen LogP contribution in [0.3, 0.4) is 0 Å². The first kappa shape index (κ1) is 12.8. The summed E-state index contributed by atoms with van der Waals surface area (Å²) >= 11 is 5.34. The fraction of sp³-hybridized carbons (Fsp3) is 0.500. The van der Waals surface area contributed by atoms with Crippen LogP contribution in [0.25, 0.3) is 0 Å². The fourth-order valence-corrected chi connectivity index (χ4v) is 1.44. The number of aromatic nitrogens is 2. The standard InChI is InChI=1S/C8H8ClF3N2O2/c1-2-5(7(15)16)14-3-4(9)6(13-14)8(10,11)12/h3,5H,2H2,1H3,(H,15,16). The highest BCUT2D eigenvalue weighted by atomic mass is 35.5. The van der Waals surface area contributed by atoms with E-state index in [9.17, 15) is 18.0 Å². The van der Waals surface area contributed by atoms with E-state index in [-0.39, 0.29) is 6.42 Å². The second-order valence-electron chi connectivity index (χ2n) is 3.07. The van der Waals surface area contributed by atoms with Gasteiger partial charge in [0, 0.05) is 6.20 Å². The number of carboxylic acids is 1. The van der Waals surface area contributed by atoms with Crippen molar-refractivity contribution in [1.82, 2.24) is 9.78 Å². The summed E-state index contributed by atoms with van der Waals surface area (Å²) in [6.45, 7) is 1.53. The molecule has 1 N–H and O–H groups in total. The Labute approximate surface area is 93.6 Å². The first-order valence-electron chi connectivity index (χ1n) is 4.32. The van der Waals surface area contributed by atoms with Crippen molar-refractivity contribution in [3.63, 3.8) is 0 Å². The molecule has 0 saturated heterocycles. The van der Waals surface area contributed by atoms with Gasteiger partial charge in [0.1, 0.15) is 6.04 Å². The maximum absolute atomic E-state index is 12.3. The van der Waals surface area contributed by atoms with E-state index in [4.69, 9.17) is 16.7 Å². The molecule has 0 aromatic carbocycles. The molecule has 0 radical (unpaired) electrons. The minimum absolute atomic E-state index is 0.116. The molecule has 1 atom stereocenters. The number of carbonyl (C=O) groups is 1. The van der Waals surface area contributed by atoms with Crippen LogP contribution in [-0.2, 0) is 11.0 Å². The van der Waals surface area contributed by atoms with Crippen LogP contribution in [-0.4, -0.2) is 20.9 Å². The van der Waals surface area contributed by atoms with Gasteiger partial charge in [-0.1, -0.05) is 18.5 Å². The second kappa shape index (κ2) is 4.32. The monoisotopic (exact) mass is 256 g/mol. The van der Waals surface area contributed by atoms with Crippen molar-refractivity contribution in [1.29, 1.82) is 0 Å². The number of alkyl halides is 3. The van der Waals surface area contributed by atoms with Gasteiger partial charge >= 0.3 is 12.1 Å². The summed E-state index contributed by atoms with van der Waals surface area (Å²) in [5, 5.41) is 11.3. The molecule has 0 aliphatic carbocycles. The minimum Gasteiger partial charge on any atom is -0.480 e. The van der Waals surface area contributed by atoms with Gasteiger partial charge in [-0.05, 0) is 6.42 Å². The Hall–Kier alpha value is -1.24. The van der Waals surface area contributed by atoms with Gasteiger partial charge in [0.05, 0.1) is 5.02 Å². The van der Waals surface area contributed by atoms with Crippen molar-refractivity contribution < 1.29 is 23.1 Å². The lowest BCUT2D eigenvalue weighted by Crippen LogP contribution is -2.19. The van der Waals surface area contributed by atoms with Crippen LogP contribution in [0.15, 0.2) is 6.20 Å². The zero-order valence-electron chi connectivity index (χ0n) is 8.12. The molecule has 8 heteroatoms. The van der Waals surface area contributed by atoms with E-state index in [1.807, 2.05) is 0 Å². The highest BCUT2D eigenvalue weighted by Crippen LogP contribution is 2.34. The van der Waals surface area contributed by atoms with Crippen LogP contribution < -0.4 is 0 Å². The van der Waals surface area contributed by atoms with Crippen molar-refractivity contribution in [3.8, 4) is 0 Å². The third kappa shape index (κ3) is 2.46. The lowest BCUT2D eigenvalue weighted by atomic mass is 10.2. The fourth-order valence-electron chi connectivity index (χ4n) is 1.20. The lowest BCUT2D eigenvalue weighted by molar-refractivity contribution is -0.144. The Bertz CT molecular complexity index is 402. The van der Waals surface area contributed by atoms with Crippen molar-refractivity contribution in [3.05, 3.63) is 16.9 Å². The predicted octanol–water partition coefficient (Wildman–Crippen LogP) is 2.59. The summed E-state index contributed by atoms with van der Waals surface area (Å²) in [5.41, 5.74) is -1.27. The largest absolute Gasteiger partial charge is 0.480 e. The Balaban J connectivity index is 3.14. The molecule has 0 spiro atoms. The first-order valence-corrected chi connectivity index (χ1v) is 4.69. The van der Waals surface area contributed by atoms with E-state index < -0.39 is 28.9 Å². The SMILES string of the molecule is CCC(C(=O)O)n1cc(Cl)c(C(F)(F)F)n1. The zero-order valence-corrected chi connectivity index (χ0v) is 8.88. The molecule has 1 aromatic rings. The highest BCUT2D eigenvalue weighted by Gasteiger charge is 2.37. The van der Waals surface area contributed by atoms with Gasteiger partial charge in [0.15, 0.2) is 5.69 Å². The zero-order chi connectivity index (χ0) is 12.5. The molecule has 0 amide bonds. The van der Waals surface area contributed by atoms with Crippen molar-refractivity contribution in [2.24, 2.45) is 0 Å². The van der Waals surface area contributed by atoms with Gasteiger partial charge in [0.2, 0.25) is 0 Å². The number of rotatable bonds is 3. The molecule has 1 aromatic heterocycles. The van der Waals surface area contributed by atoms with E-state index in [0.717, 1.165) is 6.20 Å². The summed E-state index contributed by atoms with van der Waals surface area (Å²) < 4.78 is 37.7. The molecule has 4 nitrogen and oxygen atoms in total. The summed E-state index contributed by atoms with van der Waals surface area (Å²) in [7, 11) is 0. The predicted molar refractivity (Wildman–Crippen MR) is 49.2 cm³/mol. The first-order chi connectivity index (χ1) is 7.27. The smallest absolute Gasteiger partial charge is 0.436 e. The number of aliphatic carboxylic acids is 1.